The fourth-order valence-electron chi connectivity index (χ4n) is 0.190. The average Bonchev–Trinajstić information content (AvgIpc) is 1.27. The Morgan fingerprint density at radius 3 is 2.14 bits per heavy atom. The maximum atomic E-state index is 11.2. The number of alkyl halides is 2. The summed E-state index contributed by atoms with van der Waals surface area (Å²) < 4.78 is 23.9. The summed E-state index contributed by atoms with van der Waals surface area (Å²) in [6, 6.07) is 0. The standard InChI is InChI=1S/C3H6F2IN/c1-7(6)2-3(4)5/h3H,2H2,1H3. The van der Waals surface area contributed by atoms with Crippen LogP contribution < -0.4 is 0 Å². The van der Waals surface area contributed by atoms with Gasteiger partial charge in [0.2, 0.25) is 0 Å². The molecule has 0 rings (SSSR count). The Hall–Kier alpha value is 0.550. The van der Waals surface area contributed by atoms with Crippen LogP contribution in [0.15, 0.2) is 0 Å². The molecule has 0 saturated heterocycles. The highest BCUT2D eigenvalue weighted by molar-refractivity contribution is 14.1. The third-order valence-electron chi connectivity index (χ3n) is 0.390. The van der Waals surface area contributed by atoms with E-state index >= 15 is 0 Å². The van der Waals surface area contributed by atoms with Crippen LogP contribution in [0.1, 0.15) is 0 Å². The Morgan fingerprint density at radius 2 is 2.14 bits per heavy atom. The minimum absolute atomic E-state index is 0.152. The van der Waals surface area contributed by atoms with E-state index in [1.165, 1.54) is 3.11 Å². The number of rotatable bonds is 2. The molecule has 4 heteroatoms. The number of halogens is 3. The van der Waals surface area contributed by atoms with Gasteiger partial charge in [0.05, 0.1) is 6.54 Å². The highest BCUT2D eigenvalue weighted by Crippen LogP contribution is 1.98. The Balaban J connectivity index is 2.95. The summed E-state index contributed by atoms with van der Waals surface area (Å²) in [6.07, 6.45) is -2.21. The van der Waals surface area contributed by atoms with Crippen LogP contribution in [0.25, 0.3) is 0 Å². The molecule has 0 unspecified atom stereocenters. The molecule has 0 aliphatic carbocycles. The van der Waals surface area contributed by atoms with Crippen LogP contribution in [0.4, 0.5) is 8.78 Å². The van der Waals surface area contributed by atoms with Crippen molar-refractivity contribution in [2.24, 2.45) is 0 Å². The van der Waals surface area contributed by atoms with Gasteiger partial charge < -0.3 is 0 Å². The molecule has 0 spiro atoms. The maximum Gasteiger partial charge on any atom is 0.251 e. The molecule has 0 fully saturated rings. The maximum absolute atomic E-state index is 11.2. The van der Waals surface area contributed by atoms with Crippen molar-refractivity contribution >= 4 is 22.9 Å². The second-order valence-electron chi connectivity index (χ2n) is 1.18. The summed E-state index contributed by atoms with van der Waals surface area (Å²) >= 11 is 1.81. The summed E-state index contributed by atoms with van der Waals surface area (Å²) in [5.41, 5.74) is 0. The lowest BCUT2D eigenvalue weighted by atomic mass is 10.7. The Morgan fingerprint density at radius 1 is 1.71 bits per heavy atom. The zero-order chi connectivity index (χ0) is 5.86. The first-order chi connectivity index (χ1) is 3.13. The van der Waals surface area contributed by atoms with Crippen molar-refractivity contribution in [1.82, 2.24) is 3.11 Å². The average molecular weight is 221 g/mol. The van der Waals surface area contributed by atoms with Gasteiger partial charge in [-0.3, -0.25) is 0 Å². The summed E-state index contributed by atoms with van der Waals surface area (Å²) in [4.78, 5) is 0. The molecule has 0 saturated carbocycles. The van der Waals surface area contributed by atoms with Gasteiger partial charge in [0, 0.05) is 22.9 Å². The van der Waals surface area contributed by atoms with Crippen LogP contribution in [-0.2, 0) is 0 Å². The van der Waals surface area contributed by atoms with Crippen molar-refractivity contribution in [3.05, 3.63) is 0 Å². The summed E-state index contributed by atoms with van der Waals surface area (Å²) in [5, 5.41) is 0. The van der Waals surface area contributed by atoms with Gasteiger partial charge in [-0.1, -0.05) is 0 Å². The molecular formula is C3H6F2IN. The molecule has 0 N–H and O–H groups in total. The molecule has 0 heterocycles. The van der Waals surface area contributed by atoms with Gasteiger partial charge in [0.1, 0.15) is 0 Å². The van der Waals surface area contributed by atoms with Crippen molar-refractivity contribution in [3.63, 3.8) is 0 Å². The van der Waals surface area contributed by atoms with Crippen LogP contribution in [0, 0.1) is 0 Å². The fraction of sp³-hybridized carbons (Fsp3) is 1.00. The molecule has 0 aromatic carbocycles. The van der Waals surface area contributed by atoms with E-state index in [-0.39, 0.29) is 6.54 Å². The molecule has 0 aliphatic heterocycles. The minimum atomic E-state index is -2.21. The molecule has 0 amide bonds. The van der Waals surface area contributed by atoms with E-state index in [9.17, 15) is 8.78 Å². The van der Waals surface area contributed by atoms with Gasteiger partial charge in [-0.15, -0.1) is 0 Å². The van der Waals surface area contributed by atoms with Gasteiger partial charge in [0.15, 0.2) is 0 Å². The topological polar surface area (TPSA) is 3.24 Å². The molecule has 0 aromatic rings. The quantitative estimate of drug-likeness (QED) is 0.504. The first kappa shape index (κ1) is 7.55. The normalized spacial score (nSPS) is 11.1. The van der Waals surface area contributed by atoms with Crippen molar-refractivity contribution in [2.45, 2.75) is 6.43 Å². The molecule has 0 atom stereocenters. The molecule has 44 valence electrons. The highest BCUT2D eigenvalue weighted by Gasteiger charge is 2.02. The molecule has 0 aromatic heterocycles. The Bertz CT molecular complexity index is 42.2. The van der Waals surface area contributed by atoms with E-state index < -0.39 is 6.43 Å². The van der Waals surface area contributed by atoms with Crippen molar-refractivity contribution in [3.8, 4) is 0 Å². The summed E-state index contributed by atoms with van der Waals surface area (Å²) in [5.74, 6) is 0. The Kier molecular flexibility index (Phi) is 3.82. The SMILES string of the molecule is CN(I)CC(F)F. The summed E-state index contributed by atoms with van der Waals surface area (Å²) in [7, 11) is 1.60. The second-order valence-corrected chi connectivity index (χ2v) is 2.83. The first-order valence-corrected chi connectivity index (χ1v) is 2.74. The molecule has 1 nitrogen and oxygen atoms in total. The monoisotopic (exact) mass is 221 g/mol. The van der Waals surface area contributed by atoms with Crippen LogP contribution in [0.3, 0.4) is 0 Å². The second kappa shape index (κ2) is 3.54. The first-order valence-electron chi connectivity index (χ1n) is 1.78. The van der Waals surface area contributed by atoms with Crippen molar-refractivity contribution in [2.75, 3.05) is 13.6 Å². The number of hydrogen-bond donors (Lipinski definition) is 0. The zero-order valence-electron chi connectivity index (χ0n) is 3.87. The van der Waals surface area contributed by atoms with Gasteiger partial charge in [-0.05, 0) is 7.05 Å². The van der Waals surface area contributed by atoms with Gasteiger partial charge in [-0.25, -0.2) is 11.9 Å². The zero-order valence-corrected chi connectivity index (χ0v) is 6.02. The Labute approximate surface area is 55.2 Å². The minimum Gasteiger partial charge on any atom is -0.245 e. The van der Waals surface area contributed by atoms with Crippen LogP contribution in [0.2, 0.25) is 0 Å². The van der Waals surface area contributed by atoms with E-state index in [0.717, 1.165) is 0 Å². The van der Waals surface area contributed by atoms with Crippen molar-refractivity contribution in [1.29, 1.82) is 0 Å². The number of nitrogens with zero attached hydrogens (tertiary/aromatic N) is 1. The van der Waals surface area contributed by atoms with Crippen molar-refractivity contribution < 1.29 is 8.78 Å². The van der Waals surface area contributed by atoms with Gasteiger partial charge >= 0.3 is 0 Å². The predicted molar refractivity (Wildman–Crippen MR) is 32.7 cm³/mol. The molecular weight excluding hydrogens is 215 g/mol. The number of hydrogen-bond acceptors (Lipinski definition) is 1. The summed E-state index contributed by atoms with van der Waals surface area (Å²) in [6.45, 7) is -0.152. The lowest BCUT2D eigenvalue weighted by molar-refractivity contribution is 0.133. The lowest BCUT2D eigenvalue weighted by Crippen LogP contribution is -2.13. The van der Waals surface area contributed by atoms with E-state index in [2.05, 4.69) is 0 Å². The van der Waals surface area contributed by atoms with Crippen LogP contribution in [-0.4, -0.2) is 23.1 Å². The van der Waals surface area contributed by atoms with E-state index in [0.29, 0.717) is 0 Å². The van der Waals surface area contributed by atoms with E-state index in [1.54, 1.807) is 7.05 Å². The molecule has 7 heavy (non-hydrogen) atoms. The fourth-order valence-corrected chi connectivity index (χ4v) is 0.488. The van der Waals surface area contributed by atoms with Crippen LogP contribution in [0.5, 0.6) is 0 Å². The van der Waals surface area contributed by atoms with E-state index in [1.807, 2.05) is 22.9 Å². The van der Waals surface area contributed by atoms with Gasteiger partial charge in [0.25, 0.3) is 6.43 Å². The highest BCUT2D eigenvalue weighted by atomic mass is 127. The van der Waals surface area contributed by atoms with Gasteiger partial charge in [-0.2, -0.15) is 0 Å². The molecule has 0 aliphatic rings. The van der Waals surface area contributed by atoms with E-state index in [4.69, 9.17) is 0 Å². The lowest BCUT2D eigenvalue weighted by Gasteiger charge is -2.03. The smallest absolute Gasteiger partial charge is 0.245 e. The predicted octanol–water partition coefficient (Wildman–Crippen LogP) is 1.53. The third-order valence-corrected chi connectivity index (χ3v) is 0.783. The van der Waals surface area contributed by atoms with Crippen LogP contribution >= 0.6 is 22.9 Å². The third kappa shape index (κ3) is 6.55. The largest absolute Gasteiger partial charge is 0.251 e. The molecule has 0 bridgehead atoms. The molecule has 0 radical (unpaired) electrons.